The number of likely N-dealkylation sites (tertiary alicyclic amines) is 1. The molecule has 1 saturated heterocycles. The molecule has 0 aromatic heterocycles. The van der Waals surface area contributed by atoms with Gasteiger partial charge in [0.2, 0.25) is 0 Å². The van der Waals surface area contributed by atoms with Gasteiger partial charge in [-0.2, -0.15) is 0 Å². The first kappa shape index (κ1) is 9.47. The highest BCUT2D eigenvalue weighted by Gasteiger charge is 2.40. The van der Waals surface area contributed by atoms with Gasteiger partial charge in [0.1, 0.15) is 0 Å². The van der Waals surface area contributed by atoms with E-state index >= 15 is 0 Å². The lowest BCUT2D eigenvalue weighted by Gasteiger charge is -2.36. The minimum atomic E-state index is 0.524. The van der Waals surface area contributed by atoms with E-state index in [-0.39, 0.29) is 0 Å². The van der Waals surface area contributed by atoms with Gasteiger partial charge in [0.05, 0.1) is 6.10 Å². The molecule has 1 aliphatic carbocycles. The zero-order valence-electron chi connectivity index (χ0n) is 8.83. The van der Waals surface area contributed by atoms with Crippen LogP contribution in [0.1, 0.15) is 32.6 Å². The summed E-state index contributed by atoms with van der Waals surface area (Å²) in [4.78, 5) is 2.50. The number of nitrogens with zero attached hydrogens (tertiary/aromatic N) is 1. The summed E-state index contributed by atoms with van der Waals surface area (Å²) in [5.41, 5.74) is 0. The SMILES string of the molecule is CCOC1CCCC2CCN(C)C21. The van der Waals surface area contributed by atoms with E-state index in [1.165, 1.54) is 32.2 Å². The Bertz CT molecular complexity index is 167. The van der Waals surface area contributed by atoms with Crippen LogP contribution in [0.15, 0.2) is 0 Å². The number of likely N-dealkylation sites (N-methyl/N-ethyl adjacent to an activating group) is 1. The second-order valence-electron chi connectivity index (χ2n) is 4.44. The maximum absolute atomic E-state index is 5.83. The van der Waals surface area contributed by atoms with Crippen molar-refractivity contribution in [1.82, 2.24) is 4.90 Å². The van der Waals surface area contributed by atoms with Gasteiger partial charge >= 0.3 is 0 Å². The second kappa shape index (κ2) is 3.97. The van der Waals surface area contributed by atoms with Crippen LogP contribution in [0.3, 0.4) is 0 Å². The first-order chi connectivity index (χ1) is 6.33. The summed E-state index contributed by atoms with van der Waals surface area (Å²) in [6, 6.07) is 0.730. The van der Waals surface area contributed by atoms with Crippen LogP contribution in [-0.2, 0) is 4.74 Å². The van der Waals surface area contributed by atoms with Crippen LogP contribution in [0.4, 0.5) is 0 Å². The summed E-state index contributed by atoms with van der Waals surface area (Å²) < 4.78 is 5.83. The van der Waals surface area contributed by atoms with Gasteiger partial charge in [-0.1, -0.05) is 6.42 Å². The average molecular weight is 183 g/mol. The van der Waals surface area contributed by atoms with Gasteiger partial charge in [0.15, 0.2) is 0 Å². The van der Waals surface area contributed by atoms with Gasteiger partial charge in [0, 0.05) is 12.6 Å². The maximum atomic E-state index is 5.83. The maximum Gasteiger partial charge on any atom is 0.0732 e. The zero-order valence-corrected chi connectivity index (χ0v) is 8.83. The Morgan fingerprint density at radius 2 is 2.15 bits per heavy atom. The minimum Gasteiger partial charge on any atom is -0.377 e. The van der Waals surface area contributed by atoms with Crippen LogP contribution in [0.25, 0.3) is 0 Å². The molecule has 0 aromatic rings. The summed E-state index contributed by atoms with van der Waals surface area (Å²) in [7, 11) is 2.25. The van der Waals surface area contributed by atoms with E-state index in [1.54, 1.807) is 0 Å². The largest absolute Gasteiger partial charge is 0.377 e. The van der Waals surface area contributed by atoms with Crippen molar-refractivity contribution >= 4 is 0 Å². The topological polar surface area (TPSA) is 12.5 Å². The molecule has 0 amide bonds. The monoisotopic (exact) mass is 183 g/mol. The molecule has 2 aliphatic rings. The molecular weight excluding hydrogens is 162 g/mol. The smallest absolute Gasteiger partial charge is 0.0732 e. The van der Waals surface area contributed by atoms with E-state index < -0.39 is 0 Å². The predicted octanol–water partition coefficient (Wildman–Crippen LogP) is 1.90. The fraction of sp³-hybridized carbons (Fsp3) is 1.00. The molecule has 13 heavy (non-hydrogen) atoms. The highest BCUT2D eigenvalue weighted by Crippen LogP contribution is 2.36. The summed E-state index contributed by atoms with van der Waals surface area (Å²) in [5, 5.41) is 0. The van der Waals surface area contributed by atoms with Crippen molar-refractivity contribution in [2.24, 2.45) is 5.92 Å². The zero-order chi connectivity index (χ0) is 9.26. The summed E-state index contributed by atoms with van der Waals surface area (Å²) in [6.07, 6.45) is 6.00. The number of hydrogen-bond donors (Lipinski definition) is 0. The Morgan fingerprint density at radius 3 is 2.92 bits per heavy atom. The third-order valence-corrected chi connectivity index (χ3v) is 3.67. The van der Waals surface area contributed by atoms with Crippen molar-refractivity contribution in [2.45, 2.75) is 44.8 Å². The number of rotatable bonds is 2. The van der Waals surface area contributed by atoms with Gasteiger partial charge in [-0.25, -0.2) is 0 Å². The number of ether oxygens (including phenoxy) is 1. The molecule has 0 radical (unpaired) electrons. The average Bonchev–Trinajstić information content (AvgIpc) is 2.50. The van der Waals surface area contributed by atoms with Crippen LogP contribution >= 0.6 is 0 Å². The first-order valence-electron chi connectivity index (χ1n) is 5.64. The quantitative estimate of drug-likeness (QED) is 0.648. The number of hydrogen-bond acceptors (Lipinski definition) is 2. The van der Waals surface area contributed by atoms with Gasteiger partial charge in [-0.05, 0) is 45.7 Å². The van der Waals surface area contributed by atoms with Crippen LogP contribution < -0.4 is 0 Å². The Hall–Kier alpha value is -0.0800. The van der Waals surface area contributed by atoms with Gasteiger partial charge < -0.3 is 9.64 Å². The second-order valence-corrected chi connectivity index (χ2v) is 4.44. The van der Waals surface area contributed by atoms with Gasteiger partial charge in [0.25, 0.3) is 0 Å². The lowest BCUT2D eigenvalue weighted by molar-refractivity contribution is -0.0242. The van der Waals surface area contributed by atoms with Crippen molar-refractivity contribution in [3.63, 3.8) is 0 Å². The molecule has 0 aromatic carbocycles. The molecule has 2 heteroatoms. The minimum absolute atomic E-state index is 0.524. The summed E-state index contributed by atoms with van der Waals surface area (Å²) in [6.45, 7) is 4.26. The van der Waals surface area contributed by atoms with Gasteiger partial charge in [-0.3, -0.25) is 0 Å². The van der Waals surface area contributed by atoms with Crippen molar-refractivity contribution in [1.29, 1.82) is 0 Å². The third kappa shape index (κ3) is 1.75. The molecule has 1 aliphatic heterocycles. The molecule has 76 valence electrons. The fourth-order valence-corrected chi connectivity index (χ4v) is 3.10. The molecule has 3 atom stereocenters. The standard InChI is InChI=1S/C11H21NO/c1-3-13-10-6-4-5-9-7-8-12(2)11(9)10/h9-11H,3-8H2,1-2H3. The molecule has 0 spiro atoms. The third-order valence-electron chi connectivity index (χ3n) is 3.67. The normalized spacial score (nSPS) is 40.6. The van der Waals surface area contributed by atoms with E-state index in [9.17, 15) is 0 Å². The van der Waals surface area contributed by atoms with Crippen molar-refractivity contribution in [3.8, 4) is 0 Å². The van der Waals surface area contributed by atoms with E-state index in [0.29, 0.717) is 6.10 Å². The molecule has 2 rings (SSSR count). The van der Waals surface area contributed by atoms with Crippen LogP contribution in [0.5, 0.6) is 0 Å². The molecule has 1 saturated carbocycles. The molecule has 1 heterocycles. The highest BCUT2D eigenvalue weighted by molar-refractivity contribution is 4.94. The van der Waals surface area contributed by atoms with Crippen LogP contribution in [0, 0.1) is 5.92 Å². The van der Waals surface area contributed by atoms with E-state index in [0.717, 1.165) is 18.6 Å². The van der Waals surface area contributed by atoms with Crippen LogP contribution in [-0.4, -0.2) is 37.2 Å². The lowest BCUT2D eigenvalue weighted by atomic mass is 9.83. The summed E-state index contributed by atoms with van der Waals surface area (Å²) in [5.74, 6) is 0.926. The Morgan fingerprint density at radius 1 is 1.31 bits per heavy atom. The van der Waals surface area contributed by atoms with Crippen molar-refractivity contribution in [2.75, 3.05) is 20.2 Å². The Kier molecular flexibility index (Phi) is 2.89. The van der Waals surface area contributed by atoms with E-state index in [4.69, 9.17) is 4.74 Å². The first-order valence-corrected chi connectivity index (χ1v) is 5.64. The molecule has 0 N–H and O–H groups in total. The molecular formula is C11H21NO. The summed E-state index contributed by atoms with van der Waals surface area (Å²) >= 11 is 0. The highest BCUT2D eigenvalue weighted by atomic mass is 16.5. The molecule has 3 unspecified atom stereocenters. The predicted molar refractivity (Wildman–Crippen MR) is 53.8 cm³/mol. The van der Waals surface area contributed by atoms with E-state index in [1.807, 2.05) is 0 Å². The number of fused-ring (bicyclic) bond motifs is 1. The fourth-order valence-electron chi connectivity index (χ4n) is 3.10. The van der Waals surface area contributed by atoms with Crippen molar-refractivity contribution < 1.29 is 4.74 Å². The molecule has 0 bridgehead atoms. The van der Waals surface area contributed by atoms with E-state index in [2.05, 4.69) is 18.9 Å². The molecule has 2 nitrogen and oxygen atoms in total. The van der Waals surface area contributed by atoms with Crippen molar-refractivity contribution in [3.05, 3.63) is 0 Å². The Balaban J connectivity index is 2.01. The Labute approximate surface area is 81.3 Å². The van der Waals surface area contributed by atoms with Gasteiger partial charge in [-0.15, -0.1) is 0 Å². The lowest BCUT2D eigenvalue weighted by Crippen LogP contribution is -2.44. The van der Waals surface area contributed by atoms with Crippen LogP contribution in [0.2, 0.25) is 0 Å². The molecule has 2 fully saturated rings.